The average Bonchev–Trinajstić information content (AvgIpc) is 3.24. The van der Waals surface area contributed by atoms with Crippen LogP contribution in [0.1, 0.15) is 44.0 Å². The van der Waals surface area contributed by atoms with Crippen LogP contribution in [0.3, 0.4) is 0 Å². The molecule has 0 aliphatic heterocycles. The Balaban J connectivity index is 1.85. The van der Waals surface area contributed by atoms with Crippen LogP contribution >= 0.6 is 11.6 Å². The third-order valence-electron chi connectivity index (χ3n) is 4.42. The molecule has 0 bridgehead atoms. The Morgan fingerprint density at radius 3 is 2.62 bits per heavy atom. The SMILES string of the molecule is CC(C)(C)OC(=O)OCN(C(=O)c1cc(-c2cn[nH]c2)ccc1Cl)C1(C#N)CC1. The molecule has 9 heteroatoms. The van der Waals surface area contributed by atoms with E-state index < -0.39 is 29.9 Å². The van der Waals surface area contributed by atoms with Gasteiger partial charge in [0.2, 0.25) is 0 Å². The molecule has 1 N–H and O–H groups in total. The number of hydrogen-bond donors (Lipinski definition) is 1. The Morgan fingerprint density at radius 2 is 2.07 bits per heavy atom. The fourth-order valence-corrected chi connectivity index (χ4v) is 2.96. The summed E-state index contributed by atoms with van der Waals surface area (Å²) in [5, 5.41) is 16.4. The molecule has 1 aromatic carbocycles. The van der Waals surface area contributed by atoms with Gasteiger partial charge in [0.05, 0.1) is 22.9 Å². The standard InChI is InChI=1S/C20H21ClN4O4/c1-19(2,3)29-18(27)28-12-25(20(11-22)6-7-20)17(26)15-8-13(4-5-16(15)21)14-9-23-24-10-14/h4-5,8-10H,6-7,12H2,1-3H3,(H,23,24). The molecule has 1 amide bonds. The van der Waals surface area contributed by atoms with Gasteiger partial charge in [0.25, 0.3) is 5.91 Å². The molecule has 3 rings (SSSR count). The second-order valence-corrected chi connectivity index (χ2v) is 8.20. The lowest BCUT2D eigenvalue weighted by Crippen LogP contribution is -2.44. The minimum atomic E-state index is -1.02. The molecule has 0 spiro atoms. The lowest BCUT2D eigenvalue weighted by molar-refractivity contribution is -0.0310. The topological polar surface area (TPSA) is 108 Å². The number of H-pyrrole nitrogens is 1. The number of amides is 1. The highest BCUT2D eigenvalue weighted by Gasteiger charge is 2.52. The van der Waals surface area contributed by atoms with Crippen molar-refractivity contribution in [3.63, 3.8) is 0 Å². The van der Waals surface area contributed by atoms with E-state index in [1.165, 1.54) is 4.90 Å². The number of ether oxygens (including phenoxy) is 2. The van der Waals surface area contributed by atoms with Crippen LogP contribution in [0.5, 0.6) is 0 Å². The van der Waals surface area contributed by atoms with E-state index in [0.717, 1.165) is 11.1 Å². The van der Waals surface area contributed by atoms with E-state index in [-0.39, 0.29) is 10.6 Å². The highest BCUT2D eigenvalue weighted by atomic mass is 35.5. The van der Waals surface area contributed by atoms with Crippen molar-refractivity contribution in [3.05, 3.63) is 41.2 Å². The first-order valence-electron chi connectivity index (χ1n) is 9.03. The summed E-state index contributed by atoms with van der Waals surface area (Å²) in [5.74, 6) is -0.497. The van der Waals surface area contributed by atoms with Gasteiger partial charge in [-0.1, -0.05) is 17.7 Å². The maximum absolute atomic E-state index is 13.3. The van der Waals surface area contributed by atoms with E-state index in [0.29, 0.717) is 12.8 Å². The number of halogens is 1. The van der Waals surface area contributed by atoms with Gasteiger partial charge in [0.15, 0.2) is 6.73 Å². The van der Waals surface area contributed by atoms with Gasteiger partial charge < -0.3 is 9.47 Å². The first kappa shape index (κ1) is 20.7. The number of benzene rings is 1. The van der Waals surface area contributed by atoms with Gasteiger partial charge in [0, 0.05) is 11.8 Å². The molecule has 1 heterocycles. The third-order valence-corrected chi connectivity index (χ3v) is 4.75. The minimum absolute atomic E-state index is 0.208. The third kappa shape index (κ3) is 4.69. The molecule has 8 nitrogen and oxygen atoms in total. The number of carbonyl (C=O) groups is 2. The Kier molecular flexibility index (Phi) is 5.53. The highest BCUT2D eigenvalue weighted by Crippen LogP contribution is 2.42. The van der Waals surface area contributed by atoms with E-state index in [1.54, 1.807) is 51.4 Å². The zero-order valence-corrected chi connectivity index (χ0v) is 17.1. The van der Waals surface area contributed by atoms with E-state index >= 15 is 0 Å². The van der Waals surface area contributed by atoms with Crippen LogP contribution in [-0.4, -0.2) is 45.0 Å². The largest absolute Gasteiger partial charge is 0.510 e. The summed E-state index contributed by atoms with van der Waals surface area (Å²) < 4.78 is 10.2. The van der Waals surface area contributed by atoms with Crippen molar-refractivity contribution in [2.45, 2.75) is 44.8 Å². The fourth-order valence-electron chi connectivity index (χ4n) is 2.76. The maximum atomic E-state index is 13.3. The van der Waals surface area contributed by atoms with Crippen LogP contribution in [-0.2, 0) is 9.47 Å². The van der Waals surface area contributed by atoms with Crippen LogP contribution in [0.25, 0.3) is 11.1 Å². The number of aromatic nitrogens is 2. The van der Waals surface area contributed by atoms with Crippen molar-refractivity contribution in [1.82, 2.24) is 15.1 Å². The summed E-state index contributed by atoms with van der Waals surface area (Å²) in [6.07, 6.45) is 3.39. The highest BCUT2D eigenvalue weighted by molar-refractivity contribution is 6.34. The number of aromatic amines is 1. The number of carbonyl (C=O) groups excluding carboxylic acids is 2. The van der Waals surface area contributed by atoms with Crippen molar-refractivity contribution in [2.24, 2.45) is 0 Å². The lowest BCUT2D eigenvalue weighted by atomic mass is 10.0. The number of rotatable bonds is 5. The van der Waals surface area contributed by atoms with Crippen molar-refractivity contribution in [3.8, 4) is 17.2 Å². The molecule has 1 fully saturated rings. The van der Waals surface area contributed by atoms with Gasteiger partial charge >= 0.3 is 6.16 Å². The molecule has 29 heavy (non-hydrogen) atoms. The molecule has 0 saturated heterocycles. The van der Waals surface area contributed by atoms with E-state index in [2.05, 4.69) is 16.3 Å². The molecule has 2 aromatic rings. The van der Waals surface area contributed by atoms with Gasteiger partial charge in [-0.05, 0) is 51.3 Å². The summed E-state index contributed by atoms with van der Waals surface area (Å²) in [4.78, 5) is 26.4. The predicted molar refractivity (Wildman–Crippen MR) is 105 cm³/mol. The Morgan fingerprint density at radius 1 is 1.34 bits per heavy atom. The average molecular weight is 417 g/mol. The van der Waals surface area contributed by atoms with E-state index in [4.69, 9.17) is 21.1 Å². The quantitative estimate of drug-likeness (QED) is 0.579. The van der Waals surface area contributed by atoms with Crippen molar-refractivity contribution in [2.75, 3.05) is 6.73 Å². The maximum Gasteiger partial charge on any atom is 0.510 e. The van der Waals surface area contributed by atoms with Crippen molar-refractivity contribution >= 4 is 23.7 Å². The van der Waals surface area contributed by atoms with Crippen molar-refractivity contribution in [1.29, 1.82) is 5.26 Å². The first-order chi connectivity index (χ1) is 13.6. The lowest BCUT2D eigenvalue weighted by Gasteiger charge is -2.28. The van der Waals surface area contributed by atoms with E-state index in [1.807, 2.05) is 0 Å². The summed E-state index contributed by atoms with van der Waals surface area (Å²) >= 11 is 6.27. The van der Waals surface area contributed by atoms with Gasteiger partial charge in [-0.3, -0.25) is 14.8 Å². The molecule has 1 aliphatic rings. The van der Waals surface area contributed by atoms with Gasteiger partial charge in [0.1, 0.15) is 11.1 Å². The number of nitrogens with one attached hydrogen (secondary N) is 1. The number of nitriles is 1. The smallest absolute Gasteiger partial charge is 0.429 e. The molecule has 1 aliphatic carbocycles. The number of hydrogen-bond acceptors (Lipinski definition) is 6. The second kappa shape index (κ2) is 7.76. The molecule has 0 radical (unpaired) electrons. The summed E-state index contributed by atoms with van der Waals surface area (Å²) in [6.45, 7) is 4.70. The molecule has 0 atom stereocenters. The molecule has 1 aromatic heterocycles. The van der Waals surface area contributed by atoms with E-state index in [9.17, 15) is 14.9 Å². The Labute approximate surface area is 173 Å². The predicted octanol–water partition coefficient (Wildman–Crippen LogP) is 4.14. The minimum Gasteiger partial charge on any atom is -0.429 e. The molecule has 0 unspecified atom stereocenters. The van der Waals surface area contributed by atoms with Crippen molar-refractivity contribution < 1.29 is 19.1 Å². The van der Waals surface area contributed by atoms with Crippen LogP contribution in [0.4, 0.5) is 4.79 Å². The first-order valence-corrected chi connectivity index (χ1v) is 9.41. The zero-order valence-electron chi connectivity index (χ0n) is 16.4. The summed E-state index contributed by atoms with van der Waals surface area (Å²) in [5.41, 5.74) is -0.0240. The van der Waals surface area contributed by atoms with Crippen LogP contribution in [0.2, 0.25) is 5.02 Å². The van der Waals surface area contributed by atoms with Gasteiger partial charge in [-0.15, -0.1) is 0 Å². The monoisotopic (exact) mass is 416 g/mol. The molecule has 1 saturated carbocycles. The normalized spacial score (nSPS) is 14.6. The van der Waals surface area contributed by atoms with Gasteiger partial charge in [-0.25, -0.2) is 4.79 Å². The number of nitrogens with zero attached hydrogens (tertiary/aromatic N) is 3. The van der Waals surface area contributed by atoms with Gasteiger partial charge in [-0.2, -0.15) is 10.4 Å². The van der Waals surface area contributed by atoms with Crippen LogP contribution < -0.4 is 0 Å². The fraction of sp³-hybridized carbons (Fsp3) is 0.400. The Bertz CT molecular complexity index is 956. The Hall–Kier alpha value is -3.05. The molecular formula is C20H21ClN4O4. The second-order valence-electron chi connectivity index (χ2n) is 7.80. The molecular weight excluding hydrogens is 396 g/mol. The van der Waals surface area contributed by atoms with Crippen LogP contribution in [0.15, 0.2) is 30.6 Å². The summed E-state index contributed by atoms with van der Waals surface area (Å²) in [6, 6.07) is 7.15. The summed E-state index contributed by atoms with van der Waals surface area (Å²) in [7, 11) is 0. The zero-order chi connectivity index (χ0) is 21.2. The van der Waals surface area contributed by atoms with Crippen LogP contribution in [0, 0.1) is 11.3 Å². The molecule has 152 valence electrons.